The van der Waals surface area contributed by atoms with Crippen molar-refractivity contribution in [3.8, 4) is 0 Å². The van der Waals surface area contributed by atoms with E-state index in [1.54, 1.807) is 34.6 Å². The maximum atomic E-state index is 12.7. The minimum atomic E-state index is -0.924. The van der Waals surface area contributed by atoms with Crippen molar-refractivity contribution in [2.45, 2.75) is 78.8 Å². The van der Waals surface area contributed by atoms with E-state index in [9.17, 15) is 19.2 Å². The van der Waals surface area contributed by atoms with Gasteiger partial charge in [-0.3, -0.25) is 9.59 Å². The number of rotatable bonds is 9. The van der Waals surface area contributed by atoms with E-state index in [1.165, 1.54) is 13.8 Å². The van der Waals surface area contributed by atoms with Crippen LogP contribution in [0.25, 0.3) is 0 Å². The molecule has 0 saturated heterocycles. The summed E-state index contributed by atoms with van der Waals surface area (Å²) in [4.78, 5) is 49.3. The highest BCUT2D eigenvalue weighted by Gasteiger charge is 2.29. The Morgan fingerprint density at radius 2 is 1.44 bits per heavy atom. The lowest BCUT2D eigenvalue weighted by Crippen LogP contribution is -2.56. The minimum Gasteiger partial charge on any atom is -0.459 e. The molecule has 1 aromatic rings. The first kappa shape index (κ1) is 26.9. The first-order chi connectivity index (χ1) is 14.8. The standard InChI is InChI=1S/C23H35N3O6/c1-14(2)18(26-19(27)15(3)25-22(30)32-23(5,6)7)20(28)24-16(4)21(29)31-13-17-11-9-8-10-12-17/h8-12,14-16,18H,13H2,1-7H3,(H,24,28)(H,25,30)(H,26,27)/t15-,16-,18-/m0/s1. The third-order valence-electron chi connectivity index (χ3n) is 4.31. The molecule has 0 aliphatic rings. The van der Waals surface area contributed by atoms with Crippen LogP contribution in [-0.4, -0.2) is 47.6 Å². The topological polar surface area (TPSA) is 123 Å². The third kappa shape index (κ3) is 9.80. The normalized spacial score (nSPS) is 14.0. The second kappa shape index (κ2) is 12.1. The quantitative estimate of drug-likeness (QED) is 0.497. The largest absolute Gasteiger partial charge is 0.459 e. The Balaban J connectivity index is 2.61. The summed E-state index contributed by atoms with van der Waals surface area (Å²) in [5.74, 6) is -1.93. The molecule has 0 aliphatic carbocycles. The fourth-order valence-corrected chi connectivity index (χ4v) is 2.58. The molecule has 0 aromatic heterocycles. The SMILES string of the molecule is CC(C)[C@H](NC(=O)[C@H](C)NC(=O)OC(C)(C)C)C(=O)N[C@@H](C)C(=O)OCc1ccccc1. The number of carbonyl (C=O) groups is 4. The van der Waals surface area contributed by atoms with Crippen molar-refractivity contribution in [3.63, 3.8) is 0 Å². The van der Waals surface area contributed by atoms with Gasteiger partial charge in [-0.25, -0.2) is 9.59 Å². The predicted octanol–water partition coefficient (Wildman–Crippen LogP) is 2.29. The van der Waals surface area contributed by atoms with Crippen molar-refractivity contribution < 1.29 is 28.7 Å². The lowest BCUT2D eigenvalue weighted by molar-refractivity contribution is -0.149. The number of ether oxygens (including phenoxy) is 2. The molecule has 0 fully saturated rings. The zero-order valence-corrected chi connectivity index (χ0v) is 19.9. The number of amides is 3. The van der Waals surface area contributed by atoms with Crippen LogP contribution in [0.5, 0.6) is 0 Å². The first-order valence-electron chi connectivity index (χ1n) is 10.6. The first-order valence-corrected chi connectivity index (χ1v) is 10.6. The maximum absolute atomic E-state index is 12.7. The van der Waals surface area contributed by atoms with Crippen LogP contribution in [0, 0.1) is 5.92 Å². The van der Waals surface area contributed by atoms with Gasteiger partial charge in [0.2, 0.25) is 11.8 Å². The molecule has 3 atom stereocenters. The maximum Gasteiger partial charge on any atom is 0.408 e. The Morgan fingerprint density at radius 3 is 1.97 bits per heavy atom. The van der Waals surface area contributed by atoms with Crippen LogP contribution >= 0.6 is 0 Å². The van der Waals surface area contributed by atoms with Crippen molar-refractivity contribution in [1.29, 1.82) is 0 Å². The molecular formula is C23H35N3O6. The summed E-state index contributed by atoms with van der Waals surface area (Å²) in [6.45, 7) is 11.7. The van der Waals surface area contributed by atoms with Gasteiger partial charge in [-0.05, 0) is 46.1 Å². The third-order valence-corrected chi connectivity index (χ3v) is 4.31. The molecule has 0 aliphatic heterocycles. The Hall–Kier alpha value is -3.10. The van der Waals surface area contributed by atoms with Gasteiger partial charge in [0.25, 0.3) is 0 Å². The predicted molar refractivity (Wildman–Crippen MR) is 119 cm³/mol. The van der Waals surface area contributed by atoms with Crippen molar-refractivity contribution in [3.05, 3.63) is 35.9 Å². The monoisotopic (exact) mass is 449 g/mol. The summed E-state index contributed by atoms with van der Waals surface area (Å²) < 4.78 is 10.4. The summed E-state index contributed by atoms with van der Waals surface area (Å²) in [5, 5.41) is 7.62. The zero-order valence-electron chi connectivity index (χ0n) is 19.9. The number of carbonyl (C=O) groups excluding carboxylic acids is 4. The van der Waals surface area contributed by atoms with Crippen LogP contribution in [0.3, 0.4) is 0 Å². The van der Waals surface area contributed by atoms with E-state index >= 15 is 0 Å². The van der Waals surface area contributed by atoms with E-state index in [4.69, 9.17) is 9.47 Å². The molecule has 3 amide bonds. The fraction of sp³-hybridized carbons (Fsp3) is 0.565. The lowest BCUT2D eigenvalue weighted by Gasteiger charge is -2.26. The molecule has 9 nitrogen and oxygen atoms in total. The second-order valence-corrected chi connectivity index (χ2v) is 8.92. The van der Waals surface area contributed by atoms with E-state index in [0.717, 1.165) is 5.56 Å². The van der Waals surface area contributed by atoms with Crippen molar-refractivity contribution >= 4 is 23.9 Å². The smallest absolute Gasteiger partial charge is 0.408 e. The highest BCUT2D eigenvalue weighted by molar-refractivity contribution is 5.92. The van der Waals surface area contributed by atoms with E-state index in [1.807, 2.05) is 30.3 Å². The molecule has 3 N–H and O–H groups in total. The Labute approximate surface area is 189 Å². The van der Waals surface area contributed by atoms with Crippen molar-refractivity contribution in [2.75, 3.05) is 0 Å². The van der Waals surface area contributed by atoms with Gasteiger partial charge in [0.1, 0.15) is 30.3 Å². The van der Waals surface area contributed by atoms with Crippen LogP contribution < -0.4 is 16.0 Å². The van der Waals surface area contributed by atoms with Crippen LogP contribution in [0.4, 0.5) is 4.79 Å². The summed E-state index contributed by atoms with van der Waals surface area (Å²) in [7, 11) is 0. The van der Waals surface area contributed by atoms with Crippen LogP contribution in [0.1, 0.15) is 54.0 Å². The number of hydrogen-bond donors (Lipinski definition) is 3. The van der Waals surface area contributed by atoms with Crippen LogP contribution in [-0.2, 0) is 30.5 Å². The minimum absolute atomic E-state index is 0.0953. The molecule has 1 aromatic carbocycles. The highest BCUT2D eigenvalue weighted by Crippen LogP contribution is 2.08. The van der Waals surface area contributed by atoms with Gasteiger partial charge >= 0.3 is 12.1 Å². The second-order valence-electron chi connectivity index (χ2n) is 8.92. The number of benzene rings is 1. The Morgan fingerprint density at radius 1 is 0.844 bits per heavy atom. The van der Waals surface area contributed by atoms with Crippen molar-refractivity contribution in [2.24, 2.45) is 5.92 Å². The number of alkyl carbamates (subject to hydrolysis) is 1. The molecule has 0 saturated carbocycles. The Kier molecular flexibility index (Phi) is 10.2. The van der Waals surface area contributed by atoms with Gasteiger partial charge < -0.3 is 25.4 Å². The molecule has 178 valence electrons. The van der Waals surface area contributed by atoms with Gasteiger partial charge in [0.15, 0.2) is 0 Å². The average Bonchev–Trinajstić information content (AvgIpc) is 2.68. The van der Waals surface area contributed by atoms with Gasteiger partial charge in [-0.2, -0.15) is 0 Å². The summed E-state index contributed by atoms with van der Waals surface area (Å²) in [5.41, 5.74) is 0.129. The average molecular weight is 450 g/mol. The molecule has 0 heterocycles. The number of nitrogens with one attached hydrogen (secondary N) is 3. The van der Waals surface area contributed by atoms with Crippen LogP contribution in [0.2, 0.25) is 0 Å². The van der Waals surface area contributed by atoms with Gasteiger partial charge in [0, 0.05) is 0 Å². The summed E-state index contributed by atoms with van der Waals surface area (Å²) in [6, 6.07) is 6.45. The van der Waals surface area contributed by atoms with E-state index in [0.29, 0.717) is 0 Å². The molecule has 32 heavy (non-hydrogen) atoms. The molecule has 0 spiro atoms. The molecule has 0 radical (unpaired) electrons. The Bertz CT molecular complexity index is 789. The highest BCUT2D eigenvalue weighted by atomic mass is 16.6. The summed E-state index contributed by atoms with van der Waals surface area (Å²) in [6.07, 6.45) is -0.736. The molecule has 9 heteroatoms. The number of esters is 1. The molecule has 0 bridgehead atoms. The zero-order chi connectivity index (χ0) is 24.5. The van der Waals surface area contributed by atoms with Gasteiger partial charge in [0.05, 0.1) is 0 Å². The van der Waals surface area contributed by atoms with Crippen LogP contribution in [0.15, 0.2) is 30.3 Å². The molecule has 0 unspecified atom stereocenters. The van der Waals surface area contributed by atoms with E-state index in [2.05, 4.69) is 16.0 Å². The van der Waals surface area contributed by atoms with E-state index in [-0.39, 0.29) is 12.5 Å². The summed E-state index contributed by atoms with van der Waals surface area (Å²) >= 11 is 0. The molecular weight excluding hydrogens is 414 g/mol. The lowest BCUT2D eigenvalue weighted by atomic mass is 10.0. The van der Waals surface area contributed by atoms with E-state index < -0.39 is 47.6 Å². The fourth-order valence-electron chi connectivity index (χ4n) is 2.58. The number of hydrogen-bond acceptors (Lipinski definition) is 6. The van der Waals surface area contributed by atoms with Gasteiger partial charge in [-0.15, -0.1) is 0 Å². The van der Waals surface area contributed by atoms with Gasteiger partial charge in [-0.1, -0.05) is 44.2 Å². The molecule has 1 rings (SSSR count). The van der Waals surface area contributed by atoms with Crippen molar-refractivity contribution in [1.82, 2.24) is 16.0 Å².